The van der Waals surface area contributed by atoms with Crippen molar-refractivity contribution in [3.8, 4) is 0 Å². The highest BCUT2D eigenvalue weighted by atomic mass is 16.5. The van der Waals surface area contributed by atoms with Gasteiger partial charge >= 0.3 is 11.7 Å². The van der Waals surface area contributed by atoms with Gasteiger partial charge in [-0.3, -0.25) is 28.8 Å². The first-order valence-corrected chi connectivity index (χ1v) is 10.9. The molecule has 0 unspecified atom stereocenters. The van der Waals surface area contributed by atoms with Gasteiger partial charge in [0.25, 0.3) is 11.5 Å². The lowest BCUT2D eigenvalue weighted by molar-refractivity contribution is -0.121. The Morgan fingerprint density at radius 2 is 1.94 bits per heavy atom. The smallest absolute Gasteiger partial charge is 0.374 e. The molecule has 186 valence electrons. The van der Waals surface area contributed by atoms with E-state index in [2.05, 4.69) is 4.98 Å². The molecule has 3 N–H and O–H groups in total. The summed E-state index contributed by atoms with van der Waals surface area (Å²) in [6, 6.07) is 7.34. The summed E-state index contributed by atoms with van der Waals surface area (Å²) in [5.41, 5.74) is 4.04. The number of hydrogen-bond donors (Lipinski definition) is 2. The zero-order chi connectivity index (χ0) is 25.5. The molecule has 35 heavy (non-hydrogen) atoms. The number of esters is 1. The number of ether oxygens (including phenoxy) is 2. The van der Waals surface area contributed by atoms with Crippen molar-refractivity contribution in [1.82, 2.24) is 9.55 Å². The van der Waals surface area contributed by atoms with Crippen molar-refractivity contribution in [2.75, 3.05) is 37.5 Å². The molecule has 1 amide bonds. The van der Waals surface area contributed by atoms with Gasteiger partial charge in [-0.25, -0.2) is 9.59 Å². The number of unbranched alkanes of at least 4 members (excludes halogenated alkanes) is 1. The largest absolute Gasteiger partial charge is 0.450 e. The van der Waals surface area contributed by atoms with Gasteiger partial charge in [0.2, 0.25) is 5.76 Å². The van der Waals surface area contributed by atoms with E-state index < -0.39 is 35.2 Å². The van der Waals surface area contributed by atoms with Crippen LogP contribution in [0.3, 0.4) is 0 Å². The quantitative estimate of drug-likeness (QED) is 0.395. The molecule has 12 heteroatoms. The van der Waals surface area contributed by atoms with E-state index in [1.807, 2.05) is 6.92 Å². The Labute approximate surface area is 198 Å². The van der Waals surface area contributed by atoms with Crippen LogP contribution in [0.4, 0.5) is 11.5 Å². The van der Waals surface area contributed by atoms with E-state index in [1.165, 1.54) is 17.7 Å². The van der Waals surface area contributed by atoms with Crippen molar-refractivity contribution in [2.45, 2.75) is 26.3 Å². The Bertz CT molecular complexity index is 1410. The van der Waals surface area contributed by atoms with Crippen molar-refractivity contribution in [2.24, 2.45) is 0 Å². The number of anilines is 2. The number of benzene rings is 1. The first-order chi connectivity index (χ1) is 16.8. The van der Waals surface area contributed by atoms with Crippen LogP contribution in [0.5, 0.6) is 0 Å². The molecule has 0 saturated carbocycles. The Morgan fingerprint density at radius 1 is 1.20 bits per heavy atom. The molecular weight excluding hydrogens is 460 g/mol. The SMILES string of the molecule is CCCCn1c(N)c(N(CCOC)C(=O)COC(=O)c2cc(=O)c3ccccc3o2)c(=O)[nH]c1=O. The maximum absolute atomic E-state index is 13.0. The normalized spacial score (nSPS) is 10.9. The maximum Gasteiger partial charge on any atom is 0.374 e. The number of carbonyl (C=O) groups is 2. The molecule has 0 spiro atoms. The highest BCUT2D eigenvalue weighted by molar-refractivity contribution is 5.98. The Kier molecular flexibility index (Phi) is 8.21. The summed E-state index contributed by atoms with van der Waals surface area (Å²) >= 11 is 0. The van der Waals surface area contributed by atoms with Crippen molar-refractivity contribution >= 4 is 34.4 Å². The third-order valence-corrected chi connectivity index (χ3v) is 5.20. The number of fused-ring (bicyclic) bond motifs is 1. The van der Waals surface area contributed by atoms with Gasteiger partial charge in [0.15, 0.2) is 17.7 Å². The second-order valence-corrected chi connectivity index (χ2v) is 7.58. The number of carbonyl (C=O) groups excluding carboxylic acids is 2. The van der Waals surface area contributed by atoms with E-state index in [4.69, 9.17) is 19.6 Å². The number of methoxy groups -OCH3 is 1. The van der Waals surface area contributed by atoms with Gasteiger partial charge in [-0.05, 0) is 18.6 Å². The molecule has 12 nitrogen and oxygen atoms in total. The predicted molar refractivity (Wildman–Crippen MR) is 128 cm³/mol. The Balaban J connectivity index is 1.86. The maximum atomic E-state index is 13.0. The molecule has 2 heterocycles. The second-order valence-electron chi connectivity index (χ2n) is 7.58. The Morgan fingerprint density at radius 3 is 2.66 bits per heavy atom. The van der Waals surface area contributed by atoms with Gasteiger partial charge in [-0.1, -0.05) is 25.5 Å². The fraction of sp³-hybridized carbons (Fsp3) is 0.348. The number of nitrogens with two attached hydrogens (primary N) is 1. The van der Waals surface area contributed by atoms with Crippen molar-refractivity contribution in [3.05, 3.63) is 67.2 Å². The van der Waals surface area contributed by atoms with Crippen molar-refractivity contribution in [1.29, 1.82) is 0 Å². The average Bonchev–Trinajstić information content (AvgIpc) is 2.84. The van der Waals surface area contributed by atoms with Crippen LogP contribution >= 0.6 is 0 Å². The van der Waals surface area contributed by atoms with E-state index in [1.54, 1.807) is 18.2 Å². The van der Waals surface area contributed by atoms with Gasteiger partial charge < -0.3 is 19.6 Å². The lowest BCUT2D eigenvalue weighted by Crippen LogP contribution is -2.44. The molecule has 2 aromatic heterocycles. The molecule has 0 atom stereocenters. The Hall–Kier alpha value is -4.19. The fourth-order valence-electron chi connectivity index (χ4n) is 3.40. The lowest BCUT2D eigenvalue weighted by Gasteiger charge is -2.24. The number of rotatable bonds is 10. The minimum absolute atomic E-state index is 0.0339. The molecule has 0 radical (unpaired) electrons. The zero-order valence-electron chi connectivity index (χ0n) is 19.4. The van der Waals surface area contributed by atoms with Crippen LogP contribution in [-0.4, -0.2) is 48.3 Å². The molecule has 1 aromatic carbocycles. The summed E-state index contributed by atoms with van der Waals surface area (Å²) in [4.78, 5) is 65.6. The summed E-state index contributed by atoms with van der Waals surface area (Å²) in [6.07, 6.45) is 1.39. The number of hydrogen-bond acceptors (Lipinski definition) is 9. The summed E-state index contributed by atoms with van der Waals surface area (Å²) in [5, 5.41) is 0.291. The van der Waals surface area contributed by atoms with Gasteiger partial charge in [-0.15, -0.1) is 0 Å². The first kappa shape index (κ1) is 25.4. The number of amides is 1. The zero-order valence-corrected chi connectivity index (χ0v) is 19.4. The minimum Gasteiger partial charge on any atom is -0.450 e. The van der Waals surface area contributed by atoms with Crippen molar-refractivity contribution in [3.63, 3.8) is 0 Å². The molecule has 0 aliphatic rings. The number of nitrogen functional groups attached to an aromatic ring is 1. The molecule has 0 saturated heterocycles. The summed E-state index contributed by atoms with van der Waals surface area (Å²) in [5.74, 6) is -2.40. The number of H-pyrrole nitrogens is 1. The molecular formula is C23H26N4O8. The molecule has 3 rings (SSSR count). The number of para-hydroxylation sites is 1. The van der Waals surface area contributed by atoms with E-state index in [-0.39, 0.29) is 42.5 Å². The van der Waals surface area contributed by atoms with Crippen LogP contribution in [0.2, 0.25) is 0 Å². The van der Waals surface area contributed by atoms with Gasteiger partial charge in [0.1, 0.15) is 11.4 Å². The number of aromatic amines is 1. The summed E-state index contributed by atoms with van der Waals surface area (Å²) in [7, 11) is 1.40. The highest BCUT2D eigenvalue weighted by Crippen LogP contribution is 2.18. The van der Waals surface area contributed by atoms with E-state index in [0.29, 0.717) is 11.8 Å². The third kappa shape index (κ3) is 5.66. The fourth-order valence-corrected chi connectivity index (χ4v) is 3.40. The lowest BCUT2D eigenvalue weighted by atomic mass is 10.2. The third-order valence-electron chi connectivity index (χ3n) is 5.20. The molecule has 0 aliphatic carbocycles. The second kappa shape index (κ2) is 11.3. The van der Waals surface area contributed by atoms with Crippen LogP contribution in [0, 0.1) is 0 Å². The average molecular weight is 486 g/mol. The topological polar surface area (TPSA) is 167 Å². The van der Waals surface area contributed by atoms with Crippen LogP contribution in [0.15, 0.2) is 49.1 Å². The minimum atomic E-state index is -1.04. The molecule has 0 aliphatic heterocycles. The number of nitrogens with zero attached hydrogens (tertiary/aromatic N) is 2. The standard InChI is InChI=1S/C23H26N4O8/c1-3-4-9-27-20(24)19(21(30)25-23(27)32)26(10-11-33-2)18(29)13-34-22(31)17-12-15(28)14-7-5-6-8-16(14)35-17/h5-8,12H,3-4,9-11,13,24H2,1-2H3,(H,25,30,32). The number of nitrogens with one attached hydrogen (secondary N) is 1. The number of aromatic nitrogens is 2. The van der Waals surface area contributed by atoms with Crippen LogP contribution in [0.1, 0.15) is 30.3 Å². The van der Waals surface area contributed by atoms with Crippen LogP contribution in [0.25, 0.3) is 11.0 Å². The van der Waals surface area contributed by atoms with Crippen LogP contribution in [-0.2, 0) is 20.8 Å². The van der Waals surface area contributed by atoms with E-state index in [0.717, 1.165) is 17.4 Å². The molecule has 0 fully saturated rings. The van der Waals surface area contributed by atoms with E-state index in [9.17, 15) is 24.0 Å². The van der Waals surface area contributed by atoms with E-state index >= 15 is 0 Å². The summed E-state index contributed by atoms with van der Waals surface area (Å²) < 4.78 is 16.7. The predicted octanol–water partition coefficient (Wildman–Crippen LogP) is 0.862. The highest BCUT2D eigenvalue weighted by Gasteiger charge is 2.25. The van der Waals surface area contributed by atoms with Crippen LogP contribution < -0.4 is 27.3 Å². The van der Waals surface area contributed by atoms with Gasteiger partial charge in [0.05, 0.1) is 12.0 Å². The first-order valence-electron chi connectivity index (χ1n) is 10.9. The van der Waals surface area contributed by atoms with Crippen molar-refractivity contribution < 1.29 is 23.5 Å². The summed E-state index contributed by atoms with van der Waals surface area (Å²) in [6.45, 7) is 1.32. The monoisotopic (exact) mass is 486 g/mol. The van der Waals surface area contributed by atoms with Gasteiger partial charge in [0, 0.05) is 26.3 Å². The molecule has 0 bridgehead atoms. The molecule has 3 aromatic rings. The van der Waals surface area contributed by atoms with Gasteiger partial charge in [-0.2, -0.15) is 0 Å².